The van der Waals surface area contributed by atoms with E-state index in [0.29, 0.717) is 23.7 Å². The predicted molar refractivity (Wildman–Crippen MR) is 91.0 cm³/mol. The minimum Gasteiger partial charge on any atom is -0.367 e. The van der Waals surface area contributed by atoms with Crippen molar-refractivity contribution in [2.45, 2.75) is 20.3 Å². The van der Waals surface area contributed by atoms with Crippen LogP contribution in [0.1, 0.15) is 17.5 Å². The number of benzene rings is 1. The smallest absolute Gasteiger partial charge is 0.235 e. The number of carbonyl (C=O) groups is 2. The van der Waals surface area contributed by atoms with Crippen LogP contribution in [0.2, 0.25) is 0 Å². The van der Waals surface area contributed by atoms with Crippen molar-refractivity contribution < 1.29 is 9.59 Å². The molecule has 2 amide bonds. The molecule has 1 heterocycles. The highest BCUT2D eigenvalue weighted by Gasteiger charge is 2.66. The Morgan fingerprint density at radius 1 is 1.04 bits per heavy atom. The lowest BCUT2D eigenvalue weighted by atomic mass is 9.63. The van der Waals surface area contributed by atoms with E-state index in [9.17, 15) is 9.59 Å². The van der Waals surface area contributed by atoms with E-state index in [0.717, 1.165) is 11.3 Å². The topological polar surface area (TPSA) is 49.4 Å². The minimum atomic E-state index is -0.0998. The first-order chi connectivity index (χ1) is 11.6. The lowest BCUT2D eigenvalue weighted by Crippen LogP contribution is -2.40. The molecule has 2 bridgehead atoms. The molecule has 24 heavy (non-hydrogen) atoms. The maximum absolute atomic E-state index is 12.9. The molecule has 0 aromatic heterocycles. The average molecular weight is 322 g/mol. The summed E-state index contributed by atoms with van der Waals surface area (Å²) in [5, 5.41) is 3.29. The van der Waals surface area contributed by atoms with Crippen LogP contribution >= 0.6 is 0 Å². The fourth-order valence-electron chi connectivity index (χ4n) is 5.35. The van der Waals surface area contributed by atoms with Gasteiger partial charge in [0.2, 0.25) is 11.8 Å². The Balaban J connectivity index is 1.37. The molecule has 3 fully saturated rings. The molecule has 124 valence electrons. The van der Waals surface area contributed by atoms with Crippen LogP contribution in [0.5, 0.6) is 0 Å². The fourth-order valence-corrected chi connectivity index (χ4v) is 5.35. The van der Waals surface area contributed by atoms with E-state index in [2.05, 4.69) is 30.5 Å². The third-order valence-corrected chi connectivity index (χ3v) is 6.56. The lowest BCUT2D eigenvalue weighted by molar-refractivity contribution is -0.139. The number of hydrogen-bond donors (Lipinski definition) is 1. The number of aryl methyl sites for hydroxylation is 2. The first kappa shape index (κ1) is 14.3. The van der Waals surface area contributed by atoms with Gasteiger partial charge >= 0.3 is 0 Å². The molecule has 5 aliphatic rings. The highest BCUT2D eigenvalue weighted by molar-refractivity contribution is 6.06. The van der Waals surface area contributed by atoms with E-state index in [1.807, 2.05) is 19.1 Å². The van der Waals surface area contributed by atoms with Crippen LogP contribution in [0.3, 0.4) is 0 Å². The summed E-state index contributed by atoms with van der Waals surface area (Å²) in [6, 6.07) is 6.16. The van der Waals surface area contributed by atoms with E-state index in [1.165, 1.54) is 16.9 Å². The van der Waals surface area contributed by atoms with Gasteiger partial charge in [-0.15, -0.1) is 0 Å². The monoisotopic (exact) mass is 322 g/mol. The van der Waals surface area contributed by atoms with Crippen molar-refractivity contribution in [2.24, 2.45) is 35.5 Å². The van der Waals surface area contributed by atoms with Gasteiger partial charge in [-0.2, -0.15) is 0 Å². The van der Waals surface area contributed by atoms with Crippen LogP contribution in [0, 0.1) is 49.4 Å². The number of amides is 2. The quantitative estimate of drug-likeness (QED) is 0.688. The number of hydrogen-bond acceptors (Lipinski definition) is 3. The van der Waals surface area contributed by atoms with Gasteiger partial charge < -0.3 is 5.32 Å². The normalized spacial score (nSPS) is 38.3. The molecule has 0 radical (unpaired) electrons. The Hall–Kier alpha value is -2.10. The summed E-state index contributed by atoms with van der Waals surface area (Å²) in [4.78, 5) is 27.3. The summed E-state index contributed by atoms with van der Waals surface area (Å²) >= 11 is 0. The van der Waals surface area contributed by atoms with E-state index in [-0.39, 0.29) is 30.3 Å². The van der Waals surface area contributed by atoms with Crippen LogP contribution < -0.4 is 5.32 Å². The molecule has 0 unspecified atom stereocenters. The van der Waals surface area contributed by atoms with E-state index in [1.54, 1.807) is 0 Å². The first-order valence-electron chi connectivity index (χ1n) is 8.91. The third-order valence-electron chi connectivity index (χ3n) is 6.56. The summed E-state index contributed by atoms with van der Waals surface area (Å²) in [6.07, 6.45) is 5.63. The Bertz CT molecular complexity index is 748. The average Bonchev–Trinajstić information content (AvgIpc) is 3.33. The highest BCUT2D eigenvalue weighted by Crippen LogP contribution is 2.65. The summed E-state index contributed by atoms with van der Waals surface area (Å²) < 4.78 is 0. The zero-order valence-corrected chi connectivity index (χ0v) is 14.0. The Kier molecular flexibility index (Phi) is 2.80. The van der Waals surface area contributed by atoms with Crippen molar-refractivity contribution in [1.29, 1.82) is 0 Å². The van der Waals surface area contributed by atoms with Crippen LogP contribution in [0.15, 0.2) is 30.4 Å². The third kappa shape index (κ3) is 1.80. The largest absolute Gasteiger partial charge is 0.367 e. The van der Waals surface area contributed by atoms with E-state index >= 15 is 0 Å². The minimum absolute atomic E-state index is 0.0342. The summed E-state index contributed by atoms with van der Waals surface area (Å²) in [7, 11) is 0. The Morgan fingerprint density at radius 3 is 2.25 bits per heavy atom. The summed E-state index contributed by atoms with van der Waals surface area (Å²) in [6.45, 7) is 4.38. The molecule has 1 aromatic carbocycles. The van der Waals surface area contributed by atoms with Crippen molar-refractivity contribution in [3.05, 3.63) is 41.5 Å². The van der Waals surface area contributed by atoms with Gasteiger partial charge in [-0.1, -0.05) is 29.8 Å². The Labute approximate surface area is 141 Å². The van der Waals surface area contributed by atoms with Crippen LogP contribution in [-0.4, -0.2) is 23.4 Å². The molecule has 6 atom stereocenters. The molecule has 2 saturated carbocycles. The molecule has 0 spiro atoms. The number of likely N-dealkylation sites (tertiary alicyclic amines) is 1. The van der Waals surface area contributed by atoms with Crippen molar-refractivity contribution in [1.82, 2.24) is 4.90 Å². The summed E-state index contributed by atoms with van der Waals surface area (Å²) in [5.41, 5.74) is 3.33. The summed E-state index contributed by atoms with van der Waals surface area (Å²) in [5.74, 6) is 1.78. The van der Waals surface area contributed by atoms with Crippen LogP contribution in [0.25, 0.3) is 0 Å². The van der Waals surface area contributed by atoms with Gasteiger partial charge in [0.15, 0.2) is 0 Å². The van der Waals surface area contributed by atoms with Gasteiger partial charge in [0, 0.05) is 5.69 Å². The van der Waals surface area contributed by atoms with Crippen molar-refractivity contribution in [3.8, 4) is 0 Å². The van der Waals surface area contributed by atoms with E-state index in [4.69, 9.17) is 0 Å². The van der Waals surface area contributed by atoms with Crippen molar-refractivity contribution >= 4 is 17.5 Å². The SMILES string of the molecule is Cc1ccc(NCN2C(=O)[C@@H]3[C@@H]4C=C[C@H]([C@H]5C[C@H]45)[C@@H]3C2=O)c(C)c1. The van der Waals surface area contributed by atoms with Gasteiger partial charge in [-0.05, 0) is 55.6 Å². The second-order valence-corrected chi connectivity index (χ2v) is 7.91. The molecule has 4 nitrogen and oxygen atoms in total. The number of anilines is 1. The zero-order chi connectivity index (χ0) is 16.6. The number of nitrogens with zero attached hydrogens (tertiary/aromatic N) is 1. The molecule has 4 aliphatic carbocycles. The molecule has 1 saturated heterocycles. The Morgan fingerprint density at radius 2 is 1.67 bits per heavy atom. The van der Waals surface area contributed by atoms with Crippen LogP contribution in [-0.2, 0) is 9.59 Å². The predicted octanol–water partition coefficient (Wildman–Crippen LogP) is 2.73. The van der Waals surface area contributed by atoms with Crippen molar-refractivity contribution in [3.63, 3.8) is 0 Å². The second kappa shape index (κ2) is 4.71. The number of allylic oxidation sites excluding steroid dienone is 2. The first-order valence-corrected chi connectivity index (χ1v) is 8.91. The van der Waals surface area contributed by atoms with Gasteiger partial charge in [0.05, 0.1) is 18.5 Å². The highest BCUT2D eigenvalue weighted by atomic mass is 16.2. The zero-order valence-electron chi connectivity index (χ0n) is 14.0. The molecule has 4 heteroatoms. The maximum Gasteiger partial charge on any atom is 0.235 e. The fraction of sp³-hybridized carbons (Fsp3) is 0.500. The van der Waals surface area contributed by atoms with Gasteiger partial charge in [0.1, 0.15) is 0 Å². The number of rotatable bonds is 3. The molecule has 1 aromatic rings. The number of nitrogens with one attached hydrogen (secondary N) is 1. The number of imide groups is 1. The van der Waals surface area contributed by atoms with Gasteiger partial charge in [-0.25, -0.2) is 0 Å². The second-order valence-electron chi connectivity index (χ2n) is 7.91. The lowest BCUT2D eigenvalue weighted by Gasteiger charge is -2.37. The standard InChI is InChI=1S/C20H22N2O2/c1-10-3-6-16(11(2)7-10)21-9-22-19(23)17-12-4-5-13(15-8-14(12)15)18(17)20(22)24/h3-7,12-15,17-18,21H,8-9H2,1-2H3/t12-,13-,14-,15-,17-,18+/m1/s1. The van der Waals surface area contributed by atoms with Gasteiger partial charge in [-0.3, -0.25) is 14.5 Å². The molecule has 1 aliphatic heterocycles. The van der Waals surface area contributed by atoms with Crippen LogP contribution in [0.4, 0.5) is 5.69 Å². The molecular formula is C20H22N2O2. The maximum atomic E-state index is 12.9. The molecule has 6 rings (SSSR count). The molecular weight excluding hydrogens is 300 g/mol. The van der Waals surface area contributed by atoms with E-state index < -0.39 is 0 Å². The van der Waals surface area contributed by atoms with Crippen molar-refractivity contribution in [2.75, 3.05) is 12.0 Å². The molecule has 1 N–H and O–H groups in total. The number of carbonyl (C=O) groups excluding carboxylic acids is 2. The van der Waals surface area contributed by atoms with Gasteiger partial charge in [0.25, 0.3) is 0 Å².